The number of likely N-dealkylation sites (tertiary alicyclic amines) is 1. The minimum atomic E-state index is -0.292. The van der Waals surface area contributed by atoms with Crippen LogP contribution < -0.4 is 0 Å². The van der Waals surface area contributed by atoms with Gasteiger partial charge < -0.3 is 10.0 Å². The Labute approximate surface area is 100 Å². The Hall–Kier alpha value is -0.0800. The minimum absolute atomic E-state index is 0.292. The van der Waals surface area contributed by atoms with E-state index in [2.05, 4.69) is 11.8 Å². The lowest BCUT2D eigenvalue weighted by atomic mass is 9.71. The van der Waals surface area contributed by atoms with E-state index in [1.54, 1.807) is 0 Å². The molecule has 0 spiro atoms. The smallest absolute Gasteiger partial charge is 0.0700 e. The van der Waals surface area contributed by atoms with E-state index in [0.29, 0.717) is 5.92 Å². The summed E-state index contributed by atoms with van der Waals surface area (Å²) in [6.07, 6.45) is 9.89. The number of hydrogen-bond acceptors (Lipinski definition) is 2. The van der Waals surface area contributed by atoms with Crippen LogP contribution in [0.25, 0.3) is 0 Å². The number of aliphatic hydroxyl groups is 1. The van der Waals surface area contributed by atoms with Crippen LogP contribution in [-0.4, -0.2) is 35.2 Å². The van der Waals surface area contributed by atoms with Crippen LogP contribution >= 0.6 is 0 Å². The fourth-order valence-electron chi connectivity index (χ4n) is 3.43. The molecule has 1 saturated heterocycles. The van der Waals surface area contributed by atoms with E-state index >= 15 is 0 Å². The summed E-state index contributed by atoms with van der Waals surface area (Å²) >= 11 is 0. The summed E-state index contributed by atoms with van der Waals surface area (Å²) in [5, 5.41) is 10.6. The molecule has 2 nitrogen and oxygen atoms in total. The van der Waals surface area contributed by atoms with Gasteiger partial charge in [-0.2, -0.15) is 0 Å². The zero-order chi connectivity index (χ0) is 11.4. The van der Waals surface area contributed by atoms with E-state index in [9.17, 15) is 5.11 Å². The van der Waals surface area contributed by atoms with Gasteiger partial charge >= 0.3 is 0 Å². The second kappa shape index (κ2) is 5.50. The van der Waals surface area contributed by atoms with Crippen LogP contribution in [0.5, 0.6) is 0 Å². The molecule has 94 valence electrons. The van der Waals surface area contributed by atoms with E-state index in [1.807, 2.05) is 0 Å². The van der Waals surface area contributed by atoms with Gasteiger partial charge in [0.15, 0.2) is 0 Å². The Bertz CT molecular complexity index is 219. The van der Waals surface area contributed by atoms with Gasteiger partial charge in [-0.05, 0) is 32.2 Å². The zero-order valence-electron chi connectivity index (χ0n) is 10.7. The molecule has 0 amide bonds. The summed E-state index contributed by atoms with van der Waals surface area (Å²) in [5.41, 5.74) is -0.292. The van der Waals surface area contributed by atoms with Crippen LogP contribution in [0.4, 0.5) is 0 Å². The molecule has 0 radical (unpaired) electrons. The Morgan fingerprint density at radius 2 is 2.12 bits per heavy atom. The lowest BCUT2D eigenvalue weighted by molar-refractivity contribution is -0.0953. The maximum atomic E-state index is 10.6. The molecule has 2 aliphatic rings. The molecular weight excluding hydrogens is 198 g/mol. The van der Waals surface area contributed by atoms with Crippen LogP contribution in [0.15, 0.2) is 0 Å². The van der Waals surface area contributed by atoms with Crippen molar-refractivity contribution in [1.82, 2.24) is 4.90 Å². The number of nitrogens with zero attached hydrogens (tertiary/aromatic N) is 1. The third-order valence-electron chi connectivity index (χ3n) is 4.59. The summed E-state index contributed by atoms with van der Waals surface area (Å²) in [5.74, 6) is 0.566. The summed E-state index contributed by atoms with van der Waals surface area (Å²) < 4.78 is 0. The average Bonchev–Trinajstić information content (AvgIpc) is 2.29. The highest BCUT2D eigenvalue weighted by molar-refractivity contribution is 4.95. The first kappa shape index (κ1) is 12.4. The van der Waals surface area contributed by atoms with E-state index in [-0.39, 0.29) is 5.60 Å². The molecule has 1 heterocycles. The summed E-state index contributed by atoms with van der Waals surface area (Å²) in [6, 6.07) is 0. The lowest BCUT2D eigenvalue weighted by Crippen LogP contribution is -2.53. The second-order valence-corrected chi connectivity index (χ2v) is 5.80. The molecule has 2 heteroatoms. The topological polar surface area (TPSA) is 23.5 Å². The molecule has 1 aliphatic carbocycles. The molecule has 0 aromatic rings. The highest BCUT2D eigenvalue weighted by Gasteiger charge is 2.42. The highest BCUT2D eigenvalue weighted by Crippen LogP contribution is 2.39. The monoisotopic (exact) mass is 225 g/mol. The molecule has 0 aromatic carbocycles. The predicted octanol–water partition coefficient (Wildman–Crippen LogP) is 2.80. The average molecular weight is 225 g/mol. The van der Waals surface area contributed by atoms with Gasteiger partial charge in [0.1, 0.15) is 0 Å². The van der Waals surface area contributed by atoms with Crippen molar-refractivity contribution in [2.24, 2.45) is 5.92 Å². The fourth-order valence-corrected chi connectivity index (χ4v) is 3.43. The van der Waals surface area contributed by atoms with Crippen LogP contribution in [-0.2, 0) is 0 Å². The number of piperidine rings is 1. The van der Waals surface area contributed by atoms with Crippen LogP contribution in [0.1, 0.15) is 58.3 Å². The first-order chi connectivity index (χ1) is 7.74. The van der Waals surface area contributed by atoms with Gasteiger partial charge in [0.25, 0.3) is 0 Å². The molecule has 1 N–H and O–H groups in total. The van der Waals surface area contributed by atoms with Crippen molar-refractivity contribution in [1.29, 1.82) is 0 Å². The molecule has 1 saturated carbocycles. The maximum Gasteiger partial charge on any atom is 0.0700 e. The Morgan fingerprint density at radius 3 is 2.94 bits per heavy atom. The SMILES string of the molecule is CCCCCN1CCC2(O)CCCCC2C1. The van der Waals surface area contributed by atoms with Crippen molar-refractivity contribution >= 4 is 0 Å². The Balaban J connectivity index is 1.80. The fraction of sp³-hybridized carbons (Fsp3) is 1.00. The molecule has 2 atom stereocenters. The number of hydrogen-bond donors (Lipinski definition) is 1. The van der Waals surface area contributed by atoms with Crippen molar-refractivity contribution < 1.29 is 5.11 Å². The molecular formula is C14H27NO. The third kappa shape index (κ3) is 2.78. The summed E-state index contributed by atoms with van der Waals surface area (Å²) in [7, 11) is 0. The van der Waals surface area contributed by atoms with Crippen molar-refractivity contribution in [3.63, 3.8) is 0 Å². The van der Waals surface area contributed by atoms with Gasteiger partial charge in [0, 0.05) is 19.0 Å². The van der Waals surface area contributed by atoms with Gasteiger partial charge in [-0.25, -0.2) is 0 Å². The lowest BCUT2D eigenvalue weighted by Gasteiger charge is -2.47. The van der Waals surface area contributed by atoms with Crippen molar-refractivity contribution in [2.75, 3.05) is 19.6 Å². The van der Waals surface area contributed by atoms with Gasteiger partial charge in [-0.15, -0.1) is 0 Å². The van der Waals surface area contributed by atoms with Crippen LogP contribution in [0.3, 0.4) is 0 Å². The molecule has 0 aromatic heterocycles. The molecule has 2 unspecified atom stereocenters. The highest BCUT2D eigenvalue weighted by atomic mass is 16.3. The quantitative estimate of drug-likeness (QED) is 0.744. The van der Waals surface area contributed by atoms with Gasteiger partial charge in [-0.3, -0.25) is 0 Å². The molecule has 2 rings (SSSR count). The van der Waals surface area contributed by atoms with Crippen LogP contribution in [0, 0.1) is 5.92 Å². The van der Waals surface area contributed by atoms with Crippen molar-refractivity contribution in [3.8, 4) is 0 Å². The first-order valence-electron chi connectivity index (χ1n) is 7.19. The largest absolute Gasteiger partial charge is 0.390 e. The number of unbranched alkanes of at least 4 members (excludes halogenated alkanes) is 2. The van der Waals surface area contributed by atoms with Crippen molar-refractivity contribution in [3.05, 3.63) is 0 Å². The predicted molar refractivity (Wildman–Crippen MR) is 67.5 cm³/mol. The normalized spacial score (nSPS) is 36.0. The Kier molecular flexibility index (Phi) is 4.26. The van der Waals surface area contributed by atoms with Gasteiger partial charge in [0.05, 0.1) is 5.60 Å². The van der Waals surface area contributed by atoms with Crippen molar-refractivity contribution in [2.45, 2.75) is 63.9 Å². The zero-order valence-corrected chi connectivity index (χ0v) is 10.7. The number of rotatable bonds is 4. The van der Waals surface area contributed by atoms with E-state index in [0.717, 1.165) is 25.9 Å². The molecule has 1 aliphatic heterocycles. The standard InChI is InChI=1S/C14H27NO/c1-2-3-6-10-15-11-9-14(16)8-5-4-7-13(14)12-15/h13,16H,2-12H2,1H3. The van der Waals surface area contributed by atoms with E-state index in [4.69, 9.17) is 0 Å². The minimum Gasteiger partial charge on any atom is -0.390 e. The van der Waals surface area contributed by atoms with Crippen LogP contribution in [0.2, 0.25) is 0 Å². The summed E-state index contributed by atoms with van der Waals surface area (Å²) in [6.45, 7) is 5.79. The van der Waals surface area contributed by atoms with Gasteiger partial charge in [-0.1, -0.05) is 32.6 Å². The third-order valence-corrected chi connectivity index (χ3v) is 4.59. The van der Waals surface area contributed by atoms with E-state index in [1.165, 1.54) is 45.1 Å². The molecule has 0 bridgehead atoms. The molecule has 16 heavy (non-hydrogen) atoms. The maximum absolute atomic E-state index is 10.6. The Morgan fingerprint density at radius 1 is 1.25 bits per heavy atom. The second-order valence-electron chi connectivity index (χ2n) is 5.80. The first-order valence-corrected chi connectivity index (χ1v) is 7.19. The van der Waals surface area contributed by atoms with Gasteiger partial charge in [0.2, 0.25) is 0 Å². The summed E-state index contributed by atoms with van der Waals surface area (Å²) in [4.78, 5) is 2.58. The van der Waals surface area contributed by atoms with E-state index < -0.39 is 0 Å². The number of fused-ring (bicyclic) bond motifs is 1. The molecule has 2 fully saturated rings.